The Kier molecular flexibility index (Phi) is 6.22. The molecule has 0 unspecified atom stereocenters. The molecule has 32 heavy (non-hydrogen) atoms. The van der Waals surface area contributed by atoms with Crippen molar-refractivity contribution in [1.82, 2.24) is 14.5 Å². The highest BCUT2D eigenvalue weighted by atomic mass is 15.3. The monoisotopic (exact) mass is 424 g/mol. The molecule has 4 heteroatoms. The summed E-state index contributed by atoms with van der Waals surface area (Å²) in [6.07, 6.45) is 3.49. The van der Waals surface area contributed by atoms with E-state index in [2.05, 4.69) is 106 Å². The van der Waals surface area contributed by atoms with E-state index in [1.807, 2.05) is 0 Å². The van der Waals surface area contributed by atoms with E-state index in [9.17, 15) is 0 Å². The number of piperidine rings is 1. The van der Waals surface area contributed by atoms with Crippen molar-refractivity contribution < 1.29 is 0 Å². The summed E-state index contributed by atoms with van der Waals surface area (Å²) < 4.78 is 2.38. The summed E-state index contributed by atoms with van der Waals surface area (Å²) in [6.45, 7) is 4.30. The first-order valence-corrected chi connectivity index (χ1v) is 11.8. The number of hydrogen-bond donors (Lipinski definition) is 0. The van der Waals surface area contributed by atoms with E-state index in [-0.39, 0.29) is 0 Å². The molecule has 4 nitrogen and oxygen atoms in total. The summed E-state index contributed by atoms with van der Waals surface area (Å²) in [5, 5.41) is 0. The second-order valence-electron chi connectivity index (χ2n) is 8.89. The van der Waals surface area contributed by atoms with Crippen LogP contribution in [0.25, 0.3) is 11.0 Å². The van der Waals surface area contributed by atoms with E-state index in [1.54, 1.807) is 0 Å². The van der Waals surface area contributed by atoms with E-state index < -0.39 is 0 Å². The second-order valence-corrected chi connectivity index (χ2v) is 8.89. The fourth-order valence-electron chi connectivity index (χ4n) is 4.88. The van der Waals surface area contributed by atoms with Gasteiger partial charge in [0.25, 0.3) is 0 Å². The molecule has 1 aliphatic heterocycles. The van der Waals surface area contributed by atoms with Gasteiger partial charge in [0, 0.05) is 32.7 Å². The second kappa shape index (κ2) is 9.58. The molecule has 0 N–H and O–H groups in total. The van der Waals surface area contributed by atoms with Crippen molar-refractivity contribution in [3.05, 3.63) is 96.1 Å². The number of rotatable bonds is 7. The molecule has 1 saturated heterocycles. The van der Waals surface area contributed by atoms with Crippen LogP contribution in [-0.2, 0) is 13.0 Å². The third-order valence-electron chi connectivity index (χ3n) is 6.80. The summed E-state index contributed by atoms with van der Waals surface area (Å²) in [5.74, 6) is 1.08. The largest absolute Gasteiger partial charge is 0.342 e. The van der Waals surface area contributed by atoms with Crippen LogP contribution in [-0.4, -0.2) is 47.2 Å². The van der Waals surface area contributed by atoms with Crippen molar-refractivity contribution in [2.75, 3.05) is 31.6 Å². The van der Waals surface area contributed by atoms with Gasteiger partial charge in [-0.1, -0.05) is 72.8 Å². The van der Waals surface area contributed by atoms with Gasteiger partial charge in [-0.3, -0.25) is 0 Å². The van der Waals surface area contributed by atoms with Crippen molar-refractivity contribution in [3.8, 4) is 0 Å². The molecule has 1 fully saturated rings. The molecule has 0 saturated carbocycles. The number of benzene rings is 3. The Labute approximate surface area is 191 Å². The van der Waals surface area contributed by atoms with Crippen LogP contribution < -0.4 is 4.90 Å². The number of para-hydroxylation sites is 2. The highest BCUT2D eigenvalue weighted by Gasteiger charge is 2.26. The zero-order valence-electron chi connectivity index (χ0n) is 18.9. The van der Waals surface area contributed by atoms with Crippen LogP contribution in [0.3, 0.4) is 0 Å². The lowest BCUT2D eigenvalue weighted by Gasteiger charge is -2.37. The van der Waals surface area contributed by atoms with Crippen LogP contribution in [0.2, 0.25) is 0 Å². The van der Waals surface area contributed by atoms with Crippen molar-refractivity contribution in [3.63, 3.8) is 0 Å². The van der Waals surface area contributed by atoms with Gasteiger partial charge in [-0.15, -0.1) is 0 Å². The van der Waals surface area contributed by atoms with Gasteiger partial charge in [0.05, 0.1) is 17.6 Å². The van der Waals surface area contributed by atoms with Crippen molar-refractivity contribution in [2.45, 2.75) is 31.8 Å². The summed E-state index contributed by atoms with van der Waals surface area (Å²) in [6, 6.07) is 30.6. The lowest BCUT2D eigenvalue weighted by molar-refractivity contribution is 0.212. The molecule has 4 aromatic rings. The topological polar surface area (TPSA) is 24.3 Å². The minimum Gasteiger partial charge on any atom is -0.342 e. The molecule has 0 radical (unpaired) electrons. The van der Waals surface area contributed by atoms with Gasteiger partial charge in [0.2, 0.25) is 5.95 Å². The zero-order chi connectivity index (χ0) is 21.8. The molecule has 0 spiro atoms. The molecular weight excluding hydrogens is 392 g/mol. The number of anilines is 1. The maximum Gasteiger partial charge on any atom is 0.206 e. The van der Waals surface area contributed by atoms with E-state index in [1.165, 1.54) is 29.5 Å². The quantitative estimate of drug-likeness (QED) is 0.406. The maximum atomic E-state index is 5.05. The molecule has 164 valence electrons. The highest BCUT2D eigenvalue weighted by Crippen LogP contribution is 2.27. The summed E-state index contributed by atoms with van der Waals surface area (Å²) in [4.78, 5) is 10.1. The average molecular weight is 425 g/mol. The molecule has 2 heterocycles. The predicted octanol–water partition coefficient (Wildman–Crippen LogP) is 5.23. The van der Waals surface area contributed by atoms with Gasteiger partial charge in [-0.05, 0) is 42.5 Å². The van der Waals surface area contributed by atoms with Gasteiger partial charge in [0.1, 0.15) is 0 Å². The molecule has 0 aliphatic carbocycles. The van der Waals surface area contributed by atoms with Gasteiger partial charge >= 0.3 is 0 Å². The lowest BCUT2D eigenvalue weighted by Crippen LogP contribution is -2.44. The van der Waals surface area contributed by atoms with Crippen LogP contribution >= 0.6 is 0 Å². The Morgan fingerprint density at radius 1 is 0.812 bits per heavy atom. The Morgan fingerprint density at radius 2 is 1.44 bits per heavy atom. The highest BCUT2D eigenvalue weighted by molar-refractivity contribution is 5.79. The van der Waals surface area contributed by atoms with E-state index >= 15 is 0 Å². The molecule has 1 aliphatic rings. The van der Waals surface area contributed by atoms with Crippen molar-refractivity contribution in [2.24, 2.45) is 0 Å². The van der Waals surface area contributed by atoms with Crippen molar-refractivity contribution in [1.29, 1.82) is 0 Å². The molecule has 0 atom stereocenters. The Hall–Kier alpha value is -3.11. The van der Waals surface area contributed by atoms with Gasteiger partial charge < -0.3 is 14.4 Å². The third-order valence-corrected chi connectivity index (χ3v) is 6.80. The standard InChI is InChI=1S/C28H32N4/c1-30(25-17-20-31(21-18-25)19-16-23-10-4-2-5-11-23)28-29-26-14-8-9-15-27(26)32(28)22-24-12-6-3-7-13-24/h2-15,25H,16-22H2,1H3. The smallest absolute Gasteiger partial charge is 0.206 e. The molecule has 0 amide bonds. The number of imidazole rings is 1. The fourth-order valence-corrected chi connectivity index (χ4v) is 4.88. The maximum absolute atomic E-state index is 5.05. The van der Waals surface area contributed by atoms with Gasteiger partial charge in [-0.25, -0.2) is 4.98 Å². The van der Waals surface area contributed by atoms with Crippen molar-refractivity contribution >= 4 is 17.0 Å². The number of likely N-dealkylation sites (tertiary alicyclic amines) is 1. The zero-order valence-corrected chi connectivity index (χ0v) is 18.9. The third kappa shape index (κ3) is 4.56. The first kappa shape index (κ1) is 20.8. The van der Waals surface area contributed by atoms with Crippen LogP contribution in [0, 0.1) is 0 Å². The molecule has 3 aromatic carbocycles. The van der Waals surface area contributed by atoms with Crippen LogP contribution in [0.15, 0.2) is 84.9 Å². The van der Waals surface area contributed by atoms with Gasteiger partial charge in [0.15, 0.2) is 0 Å². The first-order valence-electron chi connectivity index (χ1n) is 11.8. The summed E-state index contributed by atoms with van der Waals surface area (Å²) in [7, 11) is 2.23. The average Bonchev–Trinajstić information content (AvgIpc) is 3.22. The predicted molar refractivity (Wildman–Crippen MR) is 133 cm³/mol. The Morgan fingerprint density at radius 3 is 2.16 bits per heavy atom. The number of fused-ring (bicyclic) bond motifs is 1. The summed E-state index contributed by atoms with van der Waals surface area (Å²) >= 11 is 0. The number of hydrogen-bond acceptors (Lipinski definition) is 3. The Bertz CT molecular complexity index is 1130. The molecule has 0 bridgehead atoms. The molecule has 5 rings (SSSR count). The van der Waals surface area contributed by atoms with Crippen LogP contribution in [0.1, 0.15) is 24.0 Å². The minimum atomic E-state index is 0.523. The Balaban J connectivity index is 1.29. The van der Waals surface area contributed by atoms with E-state index in [0.717, 1.165) is 44.1 Å². The molecular formula is C28H32N4. The van der Waals surface area contributed by atoms with E-state index in [0.29, 0.717) is 6.04 Å². The minimum absolute atomic E-state index is 0.523. The number of nitrogens with zero attached hydrogens (tertiary/aromatic N) is 4. The first-order chi connectivity index (χ1) is 15.8. The fraction of sp³-hybridized carbons (Fsp3) is 0.321. The normalized spacial score (nSPS) is 15.3. The van der Waals surface area contributed by atoms with Crippen LogP contribution in [0.5, 0.6) is 0 Å². The van der Waals surface area contributed by atoms with Gasteiger partial charge in [-0.2, -0.15) is 0 Å². The lowest BCUT2D eigenvalue weighted by atomic mass is 10.0. The number of aromatic nitrogens is 2. The summed E-state index contributed by atoms with van der Waals surface area (Å²) in [5.41, 5.74) is 5.02. The van der Waals surface area contributed by atoms with Crippen LogP contribution in [0.4, 0.5) is 5.95 Å². The SMILES string of the molecule is CN(c1nc2ccccc2n1Cc1ccccc1)C1CCN(CCc2ccccc2)CC1. The molecule has 1 aromatic heterocycles. The van der Waals surface area contributed by atoms with E-state index in [4.69, 9.17) is 4.98 Å².